The molecule has 0 aromatic heterocycles. The van der Waals surface area contributed by atoms with Crippen molar-refractivity contribution in [2.75, 3.05) is 19.3 Å². The lowest BCUT2D eigenvalue weighted by Crippen LogP contribution is -2.72. The highest BCUT2D eigenvalue weighted by Crippen LogP contribution is 2.79. The maximum atomic E-state index is 12.8. The summed E-state index contributed by atoms with van der Waals surface area (Å²) in [5.74, 6) is 0.422. The van der Waals surface area contributed by atoms with Gasteiger partial charge in [0.05, 0.1) is 11.7 Å². The molecule has 1 N–H and O–H groups in total. The van der Waals surface area contributed by atoms with Crippen LogP contribution >= 0.6 is 0 Å². The van der Waals surface area contributed by atoms with Gasteiger partial charge in [-0.1, -0.05) is 34.1 Å². The SMILES string of the molecule is CCC1CN(S(C)(=O)=O)CCC1NC(=O)C12CC(C(C)(C)C)(C1)C2. The van der Waals surface area contributed by atoms with Crippen molar-refractivity contribution < 1.29 is 13.2 Å². The summed E-state index contributed by atoms with van der Waals surface area (Å²) in [6.45, 7) is 9.95. The minimum absolute atomic E-state index is 0.111. The van der Waals surface area contributed by atoms with Gasteiger partial charge in [0, 0.05) is 19.1 Å². The zero-order chi connectivity index (χ0) is 18.0. The predicted octanol–water partition coefficient (Wildman–Crippen LogP) is 2.38. The summed E-state index contributed by atoms with van der Waals surface area (Å²) in [5, 5.41) is 3.28. The molecule has 3 saturated carbocycles. The Kier molecular flexibility index (Phi) is 4.12. The van der Waals surface area contributed by atoms with Crippen LogP contribution in [0.1, 0.15) is 59.8 Å². The number of piperidine rings is 1. The quantitative estimate of drug-likeness (QED) is 0.841. The molecule has 4 fully saturated rings. The number of amides is 1. The average Bonchev–Trinajstić information content (AvgIpc) is 2.32. The number of nitrogens with one attached hydrogen (secondary N) is 1. The van der Waals surface area contributed by atoms with E-state index in [1.165, 1.54) is 6.26 Å². The van der Waals surface area contributed by atoms with E-state index in [1.807, 2.05) is 0 Å². The highest BCUT2D eigenvalue weighted by Gasteiger charge is 2.74. The fraction of sp³-hybridized carbons (Fsp3) is 0.944. The summed E-state index contributed by atoms with van der Waals surface area (Å²) in [6.07, 6.45) is 5.94. The molecule has 0 radical (unpaired) electrons. The maximum absolute atomic E-state index is 12.8. The lowest BCUT2D eigenvalue weighted by atomic mass is 9.29. The Morgan fingerprint density at radius 2 is 1.83 bits per heavy atom. The molecule has 6 heteroatoms. The molecule has 5 nitrogen and oxygen atoms in total. The van der Waals surface area contributed by atoms with Crippen LogP contribution in [0.5, 0.6) is 0 Å². The van der Waals surface area contributed by atoms with E-state index < -0.39 is 10.0 Å². The van der Waals surface area contributed by atoms with Crippen molar-refractivity contribution in [1.82, 2.24) is 9.62 Å². The van der Waals surface area contributed by atoms with Gasteiger partial charge in [0.2, 0.25) is 15.9 Å². The molecule has 0 aromatic carbocycles. The zero-order valence-electron chi connectivity index (χ0n) is 15.7. The molecule has 1 amide bonds. The van der Waals surface area contributed by atoms with Gasteiger partial charge >= 0.3 is 0 Å². The van der Waals surface area contributed by atoms with Gasteiger partial charge in [-0.25, -0.2) is 12.7 Å². The maximum Gasteiger partial charge on any atom is 0.226 e. The molecule has 24 heavy (non-hydrogen) atoms. The molecule has 1 heterocycles. The Balaban J connectivity index is 1.59. The van der Waals surface area contributed by atoms with E-state index >= 15 is 0 Å². The van der Waals surface area contributed by atoms with E-state index in [1.54, 1.807) is 4.31 Å². The van der Waals surface area contributed by atoms with Crippen LogP contribution in [0.3, 0.4) is 0 Å². The van der Waals surface area contributed by atoms with E-state index in [0.29, 0.717) is 18.5 Å². The Morgan fingerprint density at radius 3 is 2.29 bits per heavy atom. The molecule has 0 spiro atoms. The van der Waals surface area contributed by atoms with Crippen LogP contribution in [0.4, 0.5) is 0 Å². The molecule has 2 atom stereocenters. The molecular formula is C18H32N2O3S. The van der Waals surface area contributed by atoms with Crippen molar-refractivity contribution in [2.45, 2.75) is 65.8 Å². The highest BCUT2D eigenvalue weighted by atomic mass is 32.2. The fourth-order valence-corrected chi connectivity index (χ4v) is 5.95. The Labute approximate surface area is 146 Å². The third-order valence-corrected chi connectivity index (χ3v) is 8.38. The van der Waals surface area contributed by atoms with Crippen molar-refractivity contribution in [1.29, 1.82) is 0 Å². The van der Waals surface area contributed by atoms with E-state index in [0.717, 1.165) is 32.1 Å². The number of hydrogen-bond acceptors (Lipinski definition) is 3. The summed E-state index contributed by atoms with van der Waals surface area (Å²) in [7, 11) is -3.14. The van der Waals surface area contributed by atoms with Gasteiger partial charge in [-0.15, -0.1) is 0 Å². The normalized spacial score (nSPS) is 39.7. The van der Waals surface area contributed by atoms with Crippen LogP contribution in [-0.2, 0) is 14.8 Å². The smallest absolute Gasteiger partial charge is 0.226 e. The zero-order valence-corrected chi connectivity index (χ0v) is 16.5. The number of carbonyl (C=O) groups is 1. The van der Waals surface area contributed by atoms with Crippen LogP contribution in [0.25, 0.3) is 0 Å². The molecule has 2 unspecified atom stereocenters. The number of rotatable bonds is 4. The first kappa shape index (κ1) is 18.2. The summed E-state index contributed by atoms with van der Waals surface area (Å²) in [6, 6.07) is 0.111. The molecule has 0 aromatic rings. The highest BCUT2D eigenvalue weighted by molar-refractivity contribution is 7.88. The number of carbonyl (C=O) groups excluding carboxylic acids is 1. The van der Waals surface area contributed by atoms with Gasteiger partial charge in [-0.2, -0.15) is 0 Å². The van der Waals surface area contributed by atoms with Gasteiger partial charge in [0.25, 0.3) is 0 Å². The standard InChI is InChI=1S/C18H32N2O3S/c1-6-13-9-20(24(5,22)23)8-7-14(13)19-15(21)17-10-18(11-17,12-17)16(2,3)4/h13-14H,6-12H2,1-5H3,(H,19,21). The topological polar surface area (TPSA) is 66.5 Å². The first-order valence-corrected chi connectivity index (χ1v) is 11.0. The van der Waals surface area contributed by atoms with Gasteiger partial charge in [0.1, 0.15) is 0 Å². The van der Waals surface area contributed by atoms with Gasteiger partial charge in [-0.3, -0.25) is 4.79 Å². The molecule has 2 bridgehead atoms. The van der Waals surface area contributed by atoms with E-state index in [9.17, 15) is 13.2 Å². The summed E-state index contributed by atoms with van der Waals surface area (Å²) < 4.78 is 25.1. The predicted molar refractivity (Wildman–Crippen MR) is 94.9 cm³/mol. The van der Waals surface area contributed by atoms with Crippen LogP contribution in [0.15, 0.2) is 0 Å². The Morgan fingerprint density at radius 1 is 1.25 bits per heavy atom. The second-order valence-corrected chi connectivity index (χ2v) is 11.5. The third kappa shape index (κ3) is 2.70. The van der Waals surface area contributed by atoms with Crippen molar-refractivity contribution in [3.8, 4) is 0 Å². The number of hydrogen-bond donors (Lipinski definition) is 1. The van der Waals surface area contributed by atoms with E-state index in [2.05, 4.69) is 33.0 Å². The summed E-state index contributed by atoms with van der Waals surface area (Å²) in [5.41, 5.74) is 0.523. The minimum Gasteiger partial charge on any atom is -0.353 e. The second kappa shape index (κ2) is 5.44. The molecule has 138 valence electrons. The van der Waals surface area contributed by atoms with Crippen LogP contribution < -0.4 is 5.32 Å². The van der Waals surface area contributed by atoms with Crippen LogP contribution in [0.2, 0.25) is 0 Å². The van der Waals surface area contributed by atoms with E-state index in [4.69, 9.17) is 0 Å². The summed E-state index contributed by atoms with van der Waals surface area (Å²) >= 11 is 0. The summed E-state index contributed by atoms with van der Waals surface area (Å²) in [4.78, 5) is 12.8. The van der Waals surface area contributed by atoms with Crippen LogP contribution in [0, 0.1) is 22.2 Å². The lowest BCUT2D eigenvalue weighted by Gasteiger charge is -2.74. The Hall–Kier alpha value is -0.620. The van der Waals surface area contributed by atoms with Gasteiger partial charge in [0.15, 0.2) is 0 Å². The van der Waals surface area contributed by atoms with E-state index in [-0.39, 0.29) is 28.7 Å². The fourth-order valence-electron chi connectivity index (χ4n) is 5.05. The monoisotopic (exact) mass is 356 g/mol. The first-order chi connectivity index (χ1) is 10.9. The molecule has 1 saturated heterocycles. The van der Waals surface area contributed by atoms with Gasteiger partial charge in [-0.05, 0) is 42.4 Å². The molecule has 3 aliphatic carbocycles. The third-order valence-electron chi connectivity index (χ3n) is 7.11. The molecule has 1 aliphatic heterocycles. The average molecular weight is 357 g/mol. The molecular weight excluding hydrogens is 324 g/mol. The number of nitrogens with zero attached hydrogens (tertiary/aromatic N) is 1. The van der Waals surface area contributed by atoms with Crippen molar-refractivity contribution in [3.05, 3.63) is 0 Å². The largest absolute Gasteiger partial charge is 0.353 e. The Bertz CT molecular complexity index is 615. The first-order valence-electron chi connectivity index (χ1n) is 9.19. The molecule has 4 rings (SSSR count). The minimum atomic E-state index is -3.14. The second-order valence-electron chi connectivity index (χ2n) is 9.50. The van der Waals surface area contributed by atoms with Crippen LogP contribution in [-0.4, -0.2) is 44.0 Å². The molecule has 4 aliphatic rings. The van der Waals surface area contributed by atoms with Gasteiger partial charge < -0.3 is 5.32 Å². The lowest BCUT2D eigenvalue weighted by molar-refractivity contribution is -0.249. The van der Waals surface area contributed by atoms with Crippen molar-refractivity contribution in [2.24, 2.45) is 22.2 Å². The van der Waals surface area contributed by atoms with Crippen molar-refractivity contribution in [3.63, 3.8) is 0 Å². The van der Waals surface area contributed by atoms with Crippen molar-refractivity contribution >= 4 is 15.9 Å². The number of sulfonamides is 1.